The first kappa shape index (κ1) is 12.3. The minimum Gasteiger partial charge on any atom is -0.347 e. The van der Waals surface area contributed by atoms with Gasteiger partial charge in [0, 0.05) is 6.07 Å². The van der Waals surface area contributed by atoms with Crippen molar-refractivity contribution in [2.24, 2.45) is 0 Å². The molecule has 5 heteroatoms. The van der Waals surface area contributed by atoms with Gasteiger partial charge in [-0.15, -0.1) is 0 Å². The molecule has 0 aliphatic heterocycles. The fraction of sp³-hybridized carbons (Fsp3) is 0.273. The summed E-state index contributed by atoms with van der Waals surface area (Å²) in [7, 11) is 0. The number of benzene rings is 1. The highest BCUT2D eigenvalue weighted by atomic mass is 19.1. The molecule has 0 bridgehead atoms. The van der Waals surface area contributed by atoms with Crippen LogP contribution in [-0.4, -0.2) is 18.2 Å². The molecule has 1 aromatic carbocycles. The van der Waals surface area contributed by atoms with Gasteiger partial charge in [-0.25, -0.2) is 8.78 Å². The van der Waals surface area contributed by atoms with Crippen molar-refractivity contribution in [1.82, 2.24) is 5.32 Å². The first-order chi connectivity index (χ1) is 7.51. The molecule has 0 fully saturated rings. The molecule has 1 unspecified atom stereocenters. The van der Waals surface area contributed by atoms with E-state index in [9.17, 15) is 18.4 Å². The second-order valence-electron chi connectivity index (χ2n) is 3.45. The zero-order valence-electron chi connectivity index (χ0n) is 8.67. The number of rotatable bonds is 4. The van der Waals surface area contributed by atoms with E-state index in [2.05, 4.69) is 5.32 Å². The van der Waals surface area contributed by atoms with Crippen molar-refractivity contribution in [3.05, 3.63) is 35.4 Å². The maximum Gasteiger partial charge on any atom is 0.224 e. The van der Waals surface area contributed by atoms with E-state index in [1.54, 1.807) is 0 Å². The standard InChI is InChI=1S/C11H11F2NO2/c1-7(6-15)14-11(16)4-8-2-9(12)5-10(13)3-8/h2-3,5-7H,4H2,1H3,(H,14,16). The molecule has 1 amide bonds. The molecule has 1 rings (SSSR count). The summed E-state index contributed by atoms with van der Waals surface area (Å²) < 4.78 is 25.6. The molecular formula is C11H11F2NO2. The van der Waals surface area contributed by atoms with Crippen molar-refractivity contribution < 1.29 is 18.4 Å². The number of hydrogen-bond donors (Lipinski definition) is 1. The topological polar surface area (TPSA) is 46.2 Å². The maximum absolute atomic E-state index is 12.8. The molecular weight excluding hydrogens is 216 g/mol. The lowest BCUT2D eigenvalue weighted by molar-refractivity contribution is -0.123. The predicted molar refractivity (Wildman–Crippen MR) is 53.7 cm³/mol. The summed E-state index contributed by atoms with van der Waals surface area (Å²) in [6, 6.07) is 2.28. The fourth-order valence-corrected chi connectivity index (χ4v) is 1.24. The number of amides is 1. The molecule has 16 heavy (non-hydrogen) atoms. The predicted octanol–water partition coefficient (Wildman–Crippen LogP) is 1.21. The molecule has 0 aliphatic rings. The van der Waals surface area contributed by atoms with Crippen molar-refractivity contribution in [3.8, 4) is 0 Å². The van der Waals surface area contributed by atoms with Crippen LogP contribution in [0.1, 0.15) is 12.5 Å². The van der Waals surface area contributed by atoms with Crippen LogP contribution in [-0.2, 0) is 16.0 Å². The monoisotopic (exact) mass is 227 g/mol. The van der Waals surface area contributed by atoms with Gasteiger partial charge in [0.1, 0.15) is 17.9 Å². The number of halogens is 2. The molecule has 0 saturated carbocycles. The minimum atomic E-state index is -0.730. The number of hydrogen-bond acceptors (Lipinski definition) is 2. The molecule has 0 radical (unpaired) electrons. The summed E-state index contributed by atoms with van der Waals surface area (Å²) in [4.78, 5) is 21.6. The first-order valence-electron chi connectivity index (χ1n) is 4.71. The Labute approximate surface area is 91.5 Å². The van der Waals surface area contributed by atoms with Gasteiger partial charge < -0.3 is 10.1 Å². The van der Waals surface area contributed by atoms with Crippen LogP contribution in [0.3, 0.4) is 0 Å². The highest BCUT2D eigenvalue weighted by Gasteiger charge is 2.08. The van der Waals surface area contributed by atoms with E-state index in [0.717, 1.165) is 18.2 Å². The highest BCUT2D eigenvalue weighted by Crippen LogP contribution is 2.08. The fourth-order valence-electron chi connectivity index (χ4n) is 1.24. The summed E-state index contributed by atoms with van der Waals surface area (Å²) in [6.45, 7) is 1.51. The third kappa shape index (κ3) is 3.76. The van der Waals surface area contributed by atoms with Gasteiger partial charge in [0.2, 0.25) is 5.91 Å². The van der Waals surface area contributed by atoms with Gasteiger partial charge in [-0.2, -0.15) is 0 Å². The summed E-state index contributed by atoms with van der Waals surface area (Å²) in [6.07, 6.45) is 0.414. The summed E-state index contributed by atoms with van der Waals surface area (Å²) in [5, 5.41) is 2.37. The number of nitrogens with one attached hydrogen (secondary N) is 1. The second kappa shape index (κ2) is 5.34. The maximum atomic E-state index is 12.8. The quantitative estimate of drug-likeness (QED) is 0.786. The summed E-state index contributed by atoms with van der Waals surface area (Å²) in [5.74, 6) is -1.91. The lowest BCUT2D eigenvalue weighted by Crippen LogP contribution is -2.34. The molecule has 1 atom stereocenters. The Morgan fingerprint density at radius 3 is 2.44 bits per heavy atom. The number of carbonyl (C=O) groups is 2. The van der Waals surface area contributed by atoms with Gasteiger partial charge in [-0.3, -0.25) is 4.79 Å². The third-order valence-corrected chi connectivity index (χ3v) is 1.88. The third-order valence-electron chi connectivity index (χ3n) is 1.88. The van der Waals surface area contributed by atoms with E-state index >= 15 is 0 Å². The minimum absolute atomic E-state index is 0.160. The molecule has 86 valence electrons. The molecule has 0 aromatic heterocycles. The average molecular weight is 227 g/mol. The van der Waals surface area contributed by atoms with E-state index in [0.29, 0.717) is 6.29 Å². The zero-order valence-corrected chi connectivity index (χ0v) is 8.67. The molecule has 1 aromatic rings. The van der Waals surface area contributed by atoms with E-state index in [-0.39, 0.29) is 12.0 Å². The molecule has 0 spiro atoms. The van der Waals surface area contributed by atoms with Gasteiger partial charge in [0.25, 0.3) is 0 Å². The van der Waals surface area contributed by atoms with Crippen LogP contribution >= 0.6 is 0 Å². The van der Waals surface area contributed by atoms with Crippen LogP contribution in [0.2, 0.25) is 0 Å². The largest absolute Gasteiger partial charge is 0.347 e. The normalized spacial score (nSPS) is 11.9. The molecule has 0 aliphatic carbocycles. The smallest absolute Gasteiger partial charge is 0.224 e. The number of aldehydes is 1. The van der Waals surface area contributed by atoms with Crippen molar-refractivity contribution in [2.45, 2.75) is 19.4 Å². The van der Waals surface area contributed by atoms with Gasteiger partial charge in [-0.05, 0) is 24.6 Å². The Balaban J connectivity index is 2.66. The van der Waals surface area contributed by atoms with Crippen molar-refractivity contribution in [3.63, 3.8) is 0 Å². The van der Waals surface area contributed by atoms with Crippen molar-refractivity contribution in [1.29, 1.82) is 0 Å². The van der Waals surface area contributed by atoms with Crippen LogP contribution in [0.5, 0.6) is 0 Å². The Hall–Kier alpha value is -1.78. The molecule has 3 nitrogen and oxygen atoms in total. The van der Waals surface area contributed by atoms with E-state index in [4.69, 9.17) is 0 Å². The lowest BCUT2D eigenvalue weighted by atomic mass is 10.1. The highest BCUT2D eigenvalue weighted by molar-refractivity contribution is 5.81. The van der Waals surface area contributed by atoms with Gasteiger partial charge in [0.05, 0.1) is 12.5 Å². The van der Waals surface area contributed by atoms with Gasteiger partial charge in [-0.1, -0.05) is 0 Å². The van der Waals surface area contributed by atoms with E-state index in [1.807, 2.05) is 0 Å². The first-order valence-corrected chi connectivity index (χ1v) is 4.71. The van der Waals surface area contributed by atoms with Gasteiger partial charge in [0.15, 0.2) is 0 Å². The molecule has 0 heterocycles. The molecule has 1 N–H and O–H groups in total. The van der Waals surface area contributed by atoms with E-state index < -0.39 is 23.6 Å². The van der Waals surface area contributed by atoms with E-state index in [1.165, 1.54) is 6.92 Å². The Morgan fingerprint density at radius 2 is 1.94 bits per heavy atom. The Kier molecular flexibility index (Phi) is 4.10. The van der Waals surface area contributed by atoms with Gasteiger partial charge >= 0.3 is 0 Å². The second-order valence-corrected chi connectivity index (χ2v) is 3.45. The number of carbonyl (C=O) groups excluding carboxylic acids is 2. The lowest BCUT2D eigenvalue weighted by Gasteiger charge is -2.07. The summed E-state index contributed by atoms with van der Waals surface area (Å²) in [5.41, 5.74) is 0.230. The average Bonchev–Trinajstić information content (AvgIpc) is 2.15. The van der Waals surface area contributed by atoms with Crippen LogP contribution in [0.25, 0.3) is 0 Å². The van der Waals surface area contributed by atoms with Crippen molar-refractivity contribution in [2.75, 3.05) is 0 Å². The van der Waals surface area contributed by atoms with Crippen LogP contribution < -0.4 is 5.32 Å². The van der Waals surface area contributed by atoms with Crippen LogP contribution in [0.15, 0.2) is 18.2 Å². The summed E-state index contributed by atoms with van der Waals surface area (Å²) >= 11 is 0. The SMILES string of the molecule is CC(C=O)NC(=O)Cc1cc(F)cc(F)c1. The molecule has 0 saturated heterocycles. The van der Waals surface area contributed by atoms with Crippen LogP contribution in [0, 0.1) is 11.6 Å². The van der Waals surface area contributed by atoms with Crippen LogP contribution in [0.4, 0.5) is 8.78 Å². The Bertz CT molecular complexity index is 387. The van der Waals surface area contributed by atoms with Crippen molar-refractivity contribution >= 4 is 12.2 Å². The Morgan fingerprint density at radius 1 is 1.38 bits per heavy atom. The zero-order chi connectivity index (χ0) is 12.1.